The third-order valence-corrected chi connectivity index (χ3v) is 4.80. The SMILES string of the molecule is COc1cc(-c2cccc(Cc3ncnc4cc(OC)c(OC)cc34)c2)ccn1. The van der Waals surface area contributed by atoms with Gasteiger partial charge in [-0.3, -0.25) is 0 Å². The fraction of sp³-hybridized carbons (Fsp3) is 0.174. The summed E-state index contributed by atoms with van der Waals surface area (Å²) in [5.41, 5.74) is 5.05. The van der Waals surface area contributed by atoms with E-state index in [9.17, 15) is 0 Å². The van der Waals surface area contributed by atoms with E-state index < -0.39 is 0 Å². The van der Waals surface area contributed by atoms with Crippen molar-refractivity contribution in [2.45, 2.75) is 6.42 Å². The molecule has 4 aromatic rings. The van der Waals surface area contributed by atoms with Crippen LogP contribution in [0.2, 0.25) is 0 Å². The molecule has 6 nitrogen and oxygen atoms in total. The van der Waals surface area contributed by atoms with Gasteiger partial charge in [0.1, 0.15) is 6.33 Å². The zero-order valence-corrected chi connectivity index (χ0v) is 16.5. The molecule has 0 spiro atoms. The van der Waals surface area contributed by atoms with Gasteiger partial charge >= 0.3 is 0 Å². The number of hydrogen-bond donors (Lipinski definition) is 0. The molecule has 0 aliphatic heterocycles. The van der Waals surface area contributed by atoms with Crippen molar-refractivity contribution in [1.29, 1.82) is 0 Å². The average Bonchev–Trinajstić information content (AvgIpc) is 2.78. The van der Waals surface area contributed by atoms with Crippen molar-refractivity contribution < 1.29 is 14.2 Å². The van der Waals surface area contributed by atoms with Crippen LogP contribution in [-0.4, -0.2) is 36.3 Å². The Bertz CT molecular complexity index is 1160. The summed E-state index contributed by atoms with van der Waals surface area (Å²) in [6.07, 6.45) is 4.00. The second kappa shape index (κ2) is 8.14. The highest BCUT2D eigenvalue weighted by Crippen LogP contribution is 2.33. The summed E-state index contributed by atoms with van der Waals surface area (Å²) in [4.78, 5) is 13.1. The van der Waals surface area contributed by atoms with Crippen LogP contribution in [0.4, 0.5) is 0 Å². The Labute approximate surface area is 169 Å². The molecule has 0 radical (unpaired) electrons. The molecule has 0 bridgehead atoms. The summed E-state index contributed by atoms with van der Waals surface area (Å²) in [6, 6.07) is 16.1. The Morgan fingerprint density at radius 3 is 2.34 bits per heavy atom. The fourth-order valence-electron chi connectivity index (χ4n) is 3.33. The Balaban J connectivity index is 1.72. The first-order valence-corrected chi connectivity index (χ1v) is 9.17. The second-order valence-electron chi connectivity index (χ2n) is 6.51. The Kier molecular flexibility index (Phi) is 5.24. The maximum atomic E-state index is 5.45. The van der Waals surface area contributed by atoms with Gasteiger partial charge in [-0.15, -0.1) is 0 Å². The second-order valence-corrected chi connectivity index (χ2v) is 6.51. The van der Waals surface area contributed by atoms with Gasteiger partial charge in [0, 0.05) is 30.1 Å². The quantitative estimate of drug-likeness (QED) is 0.491. The van der Waals surface area contributed by atoms with Crippen LogP contribution in [0, 0.1) is 0 Å². The fourth-order valence-corrected chi connectivity index (χ4v) is 3.33. The normalized spacial score (nSPS) is 10.7. The summed E-state index contributed by atoms with van der Waals surface area (Å²) in [5, 5.41) is 0.945. The highest BCUT2D eigenvalue weighted by Gasteiger charge is 2.12. The molecule has 0 unspecified atom stereocenters. The molecule has 2 heterocycles. The minimum Gasteiger partial charge on any atom is -0.493 e. The smallest absolute Gasteiger partial charge is 0.213 e. The van der Waals surface area contributed by atoms with Crippen LogP contribution in [0.5, 0.6) is 17.4 Å². The number of pyridine rings is 1. The Hall–Kier alpha value is -3.67. The maximum Gasteiger partial charge on any atom is 0.213 e. The number of nitrogens with zero attached hydrogens (tertiary/aromatic N) is 3. The van der Waals surface area contributed by atoms with Crippen molar-refractivity contribution in [2.24, 2.45) is 0 Å². The third-order valence-electron chi connectivity index (χ3n) is 4.80. The van der Waals surface area contributed by atoms with Gasteiger partial charge in [-0.25, -0.2) is 15.0 Å². The summed E-state index contributed by atoms with van der Waals surface area (Å²) >= 11 is 0. The minimum absolute atomic E-state index is 0.593. The van der Waals surface area contributed by atoms with E-state index in [-0.39, 0.29) is 0 Å². The van der Waals surface area contributed by atoms with E-state index in [1.54, 1.807) is 33.9 Å². The molecule has 6 heteroatoms. The number of hydrogen-bond acceptors (Lipinski definition) is 6. The molecule has 0 saturated carbocycles. The van der Waals surface area contributed by atoms with Crippen LogP contribution < -0.4 is 14.2 Å². The molecule has 0 N–H and O–H groups in total. The van der Waals surface area contributed by atoms with Crippen molar-refractivity contribution in [1.82, 2.24) is 15.0 Å². The molecule has 0 saturated heterocycles. The largest absolute Gasteiger partial charge is 0.493 e. The number of aromatic nitrogens is 3. The lowest BCUT2D eigenvalue weighted by atomic mass is 10.00. The molecule has 0 amide bonds. The van der Waals surface area contributed by atoms with E-state index in [0.717, 1.165) is 33.3 Å². The average molecular weight is 387 g/mol. The van der Waals surface area contributed by atoms with Crippen LogP contribution >= 0.6 is 0 Å². The molecule has 0 aliphatic carbocycles. The lowest BCUT2D eigenvalue weighted by Gasteiger charge is -2.11. The third kappa shape index (κ3) is 3.82. The number of benzene rings is 2. The van der Waals surface area contributed by atoms with Crippen LogP contribution in [0.15, 0.2) is 61.1 Å². The predicted octanol–water partition coefficient (Wildman–Crippen LogP) is 4.31. The highest BCUT2D eigenvalue weighted by atomic mass is 16.5. The predicted molar refractivity (Wildman–Crippen MR) is 112 cm³/mol. The summed E-state index contributed by atoms with van der Waals surface area (Å²) in [6.45, 7) is 0. The van der Waals surface area contributed by atoms with Crippen LogP contribution in [0.3, 0.4) is 0 Å². The molecule has 29 heavy (non-hydrogen) atoms. The van der Waals surface area contributed by atoms with E-state index in [1.807, 2.05) is 30.3 Å². The molecular weight excluding hydrogens is 366 g/mol. The van der Waals surface area contributed by atoms with Crippen molar-refractivity contribution in [2.75, 3.05) is 21.3 Å². The first-order chi connectivity index (χ1) is 14.2. The first-order valence-electron chi connectivity index (χ1n) is 9.17. The van der Waals surface area contributed by atoms with Gasteiger partial charge in [-0.2, -0.15) is 0 Å². The van der Waals surface area contributed by atoms with Gasteiger partial charge in [-0.1, -0.05) is 24.3 Å². The zero-order valence-electron chi connectivity index (χ0n) is 16.5. The monoisotopic (exact) mass is 387 g/mol. The van der Waals surface area contributed by atoms with E-state index in [1.165, 1.54) is 0 Å². The van der Waals surface area contributed by atoms with Crippen LogP contribution in [0.1, 0.15) is 11.3 Å². The maximum absolute atomic E-state index is 5.45. The molecule has 0 aliphatic rings. The minimum atomic E-state index is 0.593. The van der Waals surface area contributed by atoms with Crippen molar-refractivity contribution in [3.63, 3.8) is 0 Å². The van der Waals surface area contributed by atoms with Gasteiger partial charge < -0.3 is 14.2 Å². The van der Waals surface area contributed by atoms with E-state index >= 15 is 0 Å². The Morgan fingerprint density at radius 1 is 0.759 bits per heavy atom. The van der Waals surface area contributed by atoms with Crippen molar-refractivity contribution in [3.8, 4) is 28.5 Å². The standard InChI is InChI=1S/C23H21N3O3/c1-27-21-12-18-19(25-14-26-20(18)13-22(21)28-2)10-15-5-4-6-16(9-15)17-7-8-24-23(11-17)29-3/h4-9,11-14H,10H2,1-3H3. The summed E-state index contributed by atoms with van der Waals surface area (Å²) < 4.78 is 16.1. The van der Waals surface area contributed by atoms with Gasteiger partial charge in [0.05, 0.1) is 32.5 Å². The molecule has 4 rings (SSSR count). The zero-order chi connectivity index (χ0) is 20.2. The summed E-state index contributed by atoms with van der Waals surface area (Å²) in [7, 11) is 4.86. The van der Waals surface area contributed by atoms with Crippen LogP contribution in [-0.2, 0) is 6.42 Å². The molecule has 0 fully saturated rings. The molecular formula is C23H21N3O3. The number of rotatable bonds is 6. The molecule has 2 aromatic heterocycles. The first kappa shape index (κ1) is 18.7. The molecule has 0 atom stereocenters. The van der Waals surface area contributed by atoms with Crippen LogP contribution in [0.25, 0.3) is 22.0 Å². The topological polar surface area (TPSA) is 66.4 Å². The lowest BCUT2D eigenvalue weighted by molar-refractivity contribution is 0.355. The van der Waals surface area contributed by atoms with Gasteiger partial charge in [-0.05, 0) is 28.8 Å². The number of ether oxygens (including phenoxy) is 3. The van der Waals surface area contributed by atoms with E-state index in [0.29, 0.717) is 23.8 Å². The lowest BCUT2D eigenvalue weighted by Crippen LogP contribution is -1.98. The number of methoxy groups -OCH3 is 3. The molecule has 146 valence electrons. The summed E-state index contributed by atoms with van der Waals surface area (Å²) in [5.74, 6) is 1.91. The number of fused-ring (bicyclic) bond motifs is 1. The van der Waals surface area contributed by atoms with Gasteiger partial charge in [0.25, 0.3) is 0 Å². The van der Waals surface area contributed by atoms with Crippen molar-refractivity contribution in [3.05, 3.63) is 72.3 Å². The Morgan fingerprint density at radius 2 is 1.55 bits per heavy atom. The van der Waals surface area contributed by atoms with Gasteiger partial charge in [0.15, 0.2) is 11.5 Å². The van der Waals surface area contributed by atoms with E-state index in [4.69, 9.17) is 14.2 Å². The van der Waals surface area contributed by atoms with Crippen molar-refractivity contribution >= 4 is 10.9 Å². The highest BCUT2D eigenvalue weighted by molar-refractivity contribution is 5.85. The van der Waals surface area contributed by atoms with E-state index in [2.05, 4.69) is 33.2 Å². The molecule has 2 aromatic carbocycles. The van der Waals surface area contributed by atoms with Gasteiger partial charge in [0.2, 0.25) is 5.88 Å².